The smallest absolute Gasteiger partial charge is 0.352 e. The summed E-state index contributed by atoms with van der Waals surface area (Å²) in [6.07, 6.45) is -4.50. The van der Waals surface area contributed by atoms with Crippen LogP contribution in [0.15, 0.2) is 30.3 Å². The van der Waals surface area contributed by atoms with Crippen LogP contribution < -0.4 is 5.32 Å². The van der Waals surface area contributed by atoms with E-state index in [-0.39, 0.29) is 31.2 Å². The molecule has 0 radical (unpaired) electrons. The third kappa shape index (κ3) is 4.80. The number of benzene rings is 1. The monoisotopic (exact) mass is 329 g/mol. The average molecular weight is 329 g/mol. The summed E-state index contributed by atoms with van der Waals surface area (Å²) in [4.78, 5) is 11.7. The van der Waals surface area contributed by atoms with Crippen molar-refractivity contribution in [3.05, 3.63) is 53.1 Å². The van der Waals surface area contributed by atoms with Gasteiger partial charge in [0.25, 0.3) is 0 Å². The number of rotatable bonds is 5. The van der Waals surface area contributed by atoms with Gasteiger partial charge in [0.05, 0.1) is 0 Å². The quantitative estimate of drug-likeness (QED) is 0.857. The number of hydrogen-bond acceptors (Lipinski definition) is 2. The first kappa shape index (κ1) is 17.0. The van der Waals surface area contributed by atoms with E-state index in [1.54, 1.807) is 12.1 Å². The fraction of sp³-hybridized carbons (Fsp3) is 0.333. The standard InChI is InChI=1S/C15H15F4N3O/c1-10-8-13(15(17,18)19)21-22(10)7-6-14(23)20-9-11-2-4-12(16)5-3-11/h2-5,8H,6-7,9H2,1H3,(H,20,23). The van der Waals surface area contributed by atoms with Crippen molar-refractivity contribution in [1.29, 1.82) is 0 Å². The summed E-state index contributed by atoms with van der Waals surface area (Å²) in [6, 6.07) is 6.60. The van der Waals surface area contributed by atoms with Gasteiger partial charge >= 0.3 is 6.18 Å². The van der Waals surface area contributed by atoms with Crippen molar-refractivity contribution in [3.63, 3.8) is 0 Å². The zero-order valence-corrected chi connectivity index (χ0v) is 12.3. The number of nitrogens with zero attached hydrogens (tertiary/aromatic N) is 2. The van der Waals surface area contributed by atoms with Crippen LogP contribution in [0.2, 0.25) is 0 Å². The van der Waals surface area contributed by atoms with Crippen LogP contribution in [0.5, 0.6) is 0 Å². The van der Waals surface area contributed by atoms with Gasteiger partial charge in [-0.3, -0.25) is 9.48 Å². The molecule has 8 heteroatoms. The topological polar surface area (TPSA) is 46.9 Å². The Morgan fingerprint density at radius 1 is 1.26 bits per heavy atom. The van der Waals surface area contributed by atoms with Crippen molar-refractivity contribution in [2.75, 3.05) is 0 Å². The molecule has 1 amide bonds. The van der Waals surface area contributed by atoms with Gasteiger partial charge in [-0.05, 0) is 30.7 Å². The average Bonchev–Trinajstić information content (AvgIpc) is 2.86. The molecule has 0 saturated heterocycles. The Bertz CT molecular complexity index is 677. The summed E-state index contributed by atoms with van der Waals surface area (Å²) in [5.41, 5.74) is 0.0970. The van der Waals surface area contributed by atoms with Crippen LogP contribution in [0.4, 0.5) is 17.6 Å². The van der Waals surface area contributed by atoms with Gasteiger partial charge in [-0.1, -0.05) is 12.1 Å². The number of aromatic nitrogens is 2. The number of halogens is 4. The lowest BCUT2D eigenvalue weighted by molar-refractivity contribution is -0.141. The molecule has 0 bridgehead atoms. The Morgan fingerprint density at radius 3 is 2.48 bits per heavy atom. The van der Waals surface area contributed by atoms with E-state index in [0.29, 0.717) is 5.69 Å². The molecule has 0 spiro atoms. The molecule has 4 nitrogen and oxygen atoms in total. The van der Waals surface area contributed by atoms with Gasteiger partial charge in [0.2, 0.25) is 5.91 Å². The number of hydrogen-bond donors (Lipinski definition) is 1. The summed E-state index contributed by atoms with van der Waals surface area (Å²) in [7, 11) is 0. The predicted molar refractivity (Wildman–Crippen MR) is 74.8 cm³/mol. The van der Waals surface area contributed by atoms with E-state index in [0.717, 1.165) is 16.3 Å². The molecule has 23 heavy (non-hydrogen) atoms. The lowest BCUT2D eigenvalue weighted by atomic mass is 10.2. The summed E-state index contributed by atoms with van der Waals surface area (Å²) in [5.74, 6) is -0.688. The van der Waals surface area contributed by atoms with E-state index in [9.17, 15) is 22.4 Å². The summed E-state index contributed by atoms with van der Waals surface area (Å²) < 4.78 is 51.5. The first-order valence-corrected chi connectivity index (χ1v) is 6.88. The van der Waals surface area contributed by atoms with Crippen molar-refractivity contribution in [2.45, 2.75) is 32.6 Å². The zero-order chi connectivity index (χ0) is 17.0. The molecule has 0 unspecified atom stereocenters. The van der Waals surface area contributed by atoms with Crippen LogP contribution in [0.1, 0.15) is 23.4 Å². The highest BCUT2D eigenvalue weighted by Crippen LogP contribution is 2.28. The molecule has 0 aliphatic heterocycles. The molecular formula is C15H15F4N3O. The minimum absolute atomic E-state index is 0.00100. The third-order valence-corrected chi connectivity index (χ3v) is 3.23. The second kappa shape index (κ2) is 6.80. The van der Waals surface area contributed by atoms with Gasteiger partial charge in [0, 0.05) is 25.2 Å². The van der Waals surface area contributed by atoms with E-state index >= 15 is 0 Å². The van der Waals surface area contributed by atoms with Gasteiger partial charge in [0.1, 0.15) is 5.82 Å². The molecule has 124 valence electrons. The molecule has 1 aromatic carbocycles. The summed E-state index contributed by atoms with van der Waals surface area (Å²) >= 11 is 0. The Hall–Kier alpha value is -2.38. The van der Waals surface area contributed by atoms with E-state index < -0.39 is 11.9 Å². The number of carbonyl (C=O) groups excluding carboxylic acids is 1. The highest BCUT2D eigenvalue weighted by Gasteiger charge is 2.34. The Labute approximate surface area is 130 Å². The maximum absolute atomic E-state index is 12.7. The van der Waals surface area contributed by atoms with Crippen molar-refractivity contribution < 1.29 is 22.4 Å². The molecule has 0 aliphatic rings. The van der Waals surface area contributed by atoms with E-state index in [4.69, 9.17) is 0 Å². The number of carbonyl (C=O) groups is 1. The second-order valence-corrected chi connectivity index (χ2v) is 5.05. The zero-order valence-electron chi connectivity index (χ0n) is 12.3. The number of alkyl halides is 3. The van der Waals surface area contributed by atoms with Crippen LogP contribution in [0.3, 0.4) is 0 Å². The van der Waals surface area contributed by atoms with Crippen LogP contribution in [-0.4, -0.2) is 15.7 Å². The SMILES string of the molecule is Cc1cc(C(F)(F)F)nn1CCC(=O)NCc1ccc(F)cc1. The second-order valence-electron chi connectivity index (χ2n) is 5.05. The molecule has 0 atom stereocenters. The predicted octanol–water partition coefficient (Wildman–Crippen LogP) is 3.06. The van der Waals surface area contributed by atoms with Gasteiger partial charge in [0.15, 0.2) is 5.69 Å². The number of amides is 1. The minimum atomic E-state index is -4.50. The van der Waals surface area contributed by atoms with E-state index in [1.807, 2.05) is 0 Å². The Balaban J connectivity index is 1.85. The maximum atomic E-state index is 12.7. The van der Waals surface area contributed by atoms with Gasteiger partial charge in [-0.2, -0.15) is 18.3 Å². The number of nitrogens with one attached hydrogen (secondary N) is 1. The largest absolute Gasteiger partial charge is 0.435 e. The van der Waals surface area contributed by atoms with Gasteiger partial charge < -0.3 is 5.32 Å². The molecule has 1 heterocycles. The Kier molecular flexibility index (Phi) is 5.02. The molecule has 0 aliphatic carbocycles. The van der Waals surface area contributed by atoms with Crippen molar-refractivity contribution in [2.24, 2.45) is 0 Å². The summed E-state index contributed by atoms with van der Waals surface area (Å²) in [6.45, 7) is 1.78. The Morgan fingerprint density at radius 2 is 1.91 bits per heavy atom. The van der Waals surface area contributed by atoms with Crippen molar-refractivity contribution in [1.82, 2.24) is 15.1 Å². The molecule has 1 N–H and O–H groups in total. The fourth-order valence-corrected chi connectivity index (χ4v) is 1.97. The molecular weight excluding hydrogens is 314 g/mol. The van der Waals surface area contributed by atoms with Crippen molar-refractivity contribution in [3.8, 4) is 0 Å². The van der Waals surface area contributed by atoms with Crippen LogP contribution in [0, 0.1) is 12.7 Å². The van der Waals surface area contributed by atoms with E-state index in [1.165, 1.54) is 19.1 Å². The van der Waals surface area contributed by atoms with Crippen LogP contribution >= 0.6 is 0 Å². The lowest BCUT2D eigenvalue weighted by Gasteiger charge is -2.07. The minimum Gasteiger partial charge on any atom is -0.352 e. The summed E-state index contributed by atoms with van der Waals surface area (Å²) in [5, 5.41) is 6.07. The number of aryl methyl sites for hydroxylation is 2. The molecule has 2 rings (SSSR count). The molecule has 2 aromatic rings. The highest BCUT2D eigenvalue weighted by atomic mass is 19.4. The molecule has 0 fully saturated rings. The first-order chi connectivity index (χ1) is 10.8. The van der Waals surface area contributed by atoms with E-state index in [2.05, 4.69) is 10.4 Å². The van der Waals surface area contributed by atoms with Crippen LogP contribution in [-0.2, 0) is 24.1 Å². The third-order valence-electron chi connectivity index (χ3n) is 3.23. The lowest BCUT2D eigenvalue weighted by Crippen LogP contribution is -2.24. The molecule has 0 saturated carbocycles. The molecule has 1 aromatic heterocycles. The van der Waals surface area contributed by atoms with Crippen LogP contribution in [0.25, 0.3) is 0 Å². The first-order valence-electron chi connectivity index (χ1n) is 6.88. The van der Waals surface area contributed by atoms with Gasteiger partial charge in [-0.15, -0.1) is 0 Å². The van der Waals surface area contributed by atoms with Crippen molar-refractivity contribution >= 4 is 5.91 Å². The fourth-order valence-electron chi connectivity index (χ4n) is 1.97. The normalized spacial score (nSPS) is 11.5. The maximum Gasteiger partial charge on any atom is 0.435 e. The van der Waals surface area contributed by atoms with Gasteiger partial charge in [-0.25, -0.2) is 4.39 Å². The highest BCUT2D eigenvalue weighted by molar-refractivity contribution is 5.75.